The molecular formula is C17H22N4O2S. The number of carbonyl (C=O) groups excluding carboxylic acids is 1. The minimum atomic E-state index is -0.184. The Hall–Kier alpha value is -2.02. The predicted octanol–water partition coefficient (Wildman–Crippen LogP) is 2.14. The molecule has 1 saturated carbocycles. The fourth-order valence-electron chi connectivity index (χ4n) is 2.59. The molecule has 1 amide bonds. The average molecular weight is 346 g/mol. The predicted molar refractivity (Wildman–Crippen MR) is 94.2 cm³/mol. The summed E-state index contributed by atoms with van der Waals surface area (Å²) in [6, 6.07) is 10.6. The van der Waals surface area contributed by atoms with E-state index >= 15 is 0 Å². The molecule has 1 heterocycles. The molecule has 7 heteroatoms. The first-order valence-electron chi connectivity index (χ1n) is 8.26. The Morgan fingerprint density at radius 3 is 2.88 bits per heavy atom. The highest BCUT2D eigenvalue weighted by atomic mass is 32.2. The largest absolute Gasteiger partial charge is 0.353 e. The fraction of sp³-hybridized carbons (Fsp3) is 0.471. The molecule has 1 aromatic heterocycles. The quantitative estimate of drug-likeness (QED) is 0.718. The molecule has 2 aromatic rings. The van der Waals surface area contributed by atoms with E-state index in [2.05, 4.69) is 27.6 Å². The first-order chi connectivity index (χ1) is 11.6. The summed E-state index contributed by atoms with van der Waals surface area (Å²) in [4.78, 5) is 23.8. The van der Waals surface area contributed by atoms with Gasteiger partial charge in [-0.1, -0.05) is 42.1 Å². The Morgan fingerprint density at radius 2 is 2.17 bits per heavy atom. The number of benzene rings is 1. The molecule has 0 spiro atoms. The zero-order valence-electron chi connectivity index (χ0n) is 13.7. The van der Waals surface area contributed by atoms with E-state index in [9.17, 15) is 9.59 Å². The molecule has 0 saturated heterocycles. The molecule has 0 aliphatic heterocycles. The number of rotatable bonds is 8. The summed E-state index contributed by atoms with van der Waals surface area (Å²) < 4.78 is 1.66. The minimum Gasteiger partial charge on any atom is -0.353 e. The molecule has 0 radical (unpaired) electrons. The second-order valence-corrected chi connectivity index (χ2v) is 7.14. The summed E-state index contributed by atoms with van der Waals surface area (Å²) in [5.74, 6) is 0.241. The van der Waals surface area contributed by atoms with Crippen molar-refractivity contribution in [1.29, 1.82) is 0 Å². The lowest BCUT2D eigenvalue weighted by Gasteiger charge is -2.13. The number of carbonyl (C=O) groups is 1. The number of hydrogen-bond acceptors (Lipinski definition) is 4. The van der Waals surface area contributed by atoms with Gasteiger partial charge in [0.2, 0.25) is 5.91 Å². The summed E-state index contributed by atoms with van der Waals surface area (Å²) in [5.41, 5.74) is 1.09. The third-order valence-corrected chi connectivity index (χ3v) is 4.99. The first-order valence-corrected chi connectivity index (χ1v) is 9.25. The molecule has 2 N–H and O–H groups in total. The third-order valence-electron chi connectivity index (χ3n) is 4.03. The fourth-order valence-corrected chi connectivity index (χ4v) is 3.42. The molecule has 24 heavy (non-hydrogen) atoms. The lowest BCUT2D eigenvalue weighted by Crippen LogP contribution is -2.34. The molecule has 0 bridgehead atoms. The molecular weight excluding hydrogens is 324 g/mol. The number of hydrogen-bond donors (Lipinski definition) is 2. The van der Waals surface area contributed by atoms with Crippen molar-refractivity contribution in [3.63, 3.8) is 0 Å². The smallest absolute Gasteiger partial charge is 0.344 e. The number of aromatic nitrogens is 3. The van der Waals surface area contributed by atoms with E-state index in [4.69, 9.17) is 0 Å². The van der Waals surface area contributed by atoms with Crippen LogP contribution in [0.5, 0.6) is 0 Å². The van der Waals surface area contributed by atoms with Gasteiger partial charge in [-0.15, -0.1) is 5.10 Å². The van der Waals surface area contributed by atoms with Crippen LogP contribution in [0.1, 0.15) is 37.8 Å². The van der Waals surface area contributed by atoms with Crippen molar-refractivity contribution < 1.29 is 4.79 Å². The van der Waals surface area contributed by atoms with Crippen LogP contribution in [0.3, 0.4) is 0 Å². The maximum atomic E-state index is 12.1. The summed E-state index contributed by atoms with van der Waals surface area (Å²) in [7, 11) is 0. The number of aryl methyl sites for hydroxylation is 1. The lowest BCUT2D eigenvalue weighted by atomic mass is 10.1. The number of nitrogens with one attached hydrogen (secondary N) is 2. The molecule has 1 aliphatic carbocycles. The summed E-state index contributed by atoms with van der Waals surface area (Å²) in [6.45, 7) is 2.01. The zero-order valence-corrected chi connectivity index (χ0v) is 14.5. The molecule has 1 aromatic carbocycles. The topological polar surface area (TPSA) is 79.8 Å². The van der Waals surface area contributed by atoms with Gasteiger partial charge in [0, 0.05) is 12.1 Å². The minimum absolute atomic E-state index is 0.0293. The summed E-state index contributed by atoms with van der Waals surface area (Å²) in [5, 5.41) is 10.1. The van der Waals surface area contributed by atoms with Crippen molar-refractivity contribution in [3.05, 3.63) is 46.4 Å². The number of thioether (sulfide) groups is 1. The van der Waals surface area contributed by atoms with Crippen LogP contribution in [-0.4, -0.2) is 32.5 Å². The van der Waals surface area contributed by atoms with Crippen LogP contribution in [0, 0.1) is 0 Å². The van der Waals surface area contributed by atoms with E-state index in [0.717, 1.165) is 25.7 Å². The van der Waals surface area contributed by atoms with Gasteiger partial charge >= 0.3 is 5.69 Å². The number of H-pyrrole nitrogens is 1. The van der Waals surface area contributed by atoms with Crippen molar-refractivity contribution in [1.82, 2.24) is 20.1 Å². The van der Waals surface area contributed by atoms with Gasteiger partial charge in [-0.25, -0.2) is 9.89 Å². The van der Waals surface area contributed by atoms with E-state index in [1.165, 1.54) is 17.3 Å². The van der Waals surface area contributed by atoms with Crippen LogP contribution < -0.4 is 11.0 Å². The van der Waals surface area contributed by atoms with Crippen molar-refractivity contribution in [2.45, 2.75) is 49.8 Å². The van der Waals surface area contributed by atoms with Crippen molar-refractivity contribution in [2.24, 2.45) is 0 Å². The number of amides is 1. The first kappa shape index (κ1) is 16.8. The third kappa shape index (κ3) is 4.50. The van der Waals surface area contributed by atoms with Crippen molar-refractivity contribution >= 4 is 17.7 Å². The van der Waals surface area contributed by atoms with Crippen molar-refractivity contribution in [2.75, 3.05) is 5.75 Å². The normalized spacial score (nSPS) is 15.2. The number of nitrogens with zero attached hydrogens (tertiary/aromatic N) is 2. The molecule has 6 nitrogen and oxygen atoms in total. The van der Waals surface area contributed by atoms with Gasteiger partial charge in [0.25, 0.3) is 0 Å². The Kier molecular flexibility index (Phi) is 5.40. The highest BCUT2D eigenvalue weighted by Gasteiger charge is 2.28. The van der Waals surface area contributed by atoms with Gasteiger partial charge in [-0.2, -0.15) is 0 Å². The van der Waals surface area contributed by atoms with Crippen LogP contribution in [0.25, 0.3) is 0 Å². The molecule has 0 unspecified atom stereocenters. The standard InChI is InChI=1S/C17H22N4O2S/c1-12(7-8-13-5-3-2-4-6-13)18-15(22)11-24-17-20-19-16(23)21(17)14-9-10-14/h2-6,12,14H,7-11H2,1H3,(H,18,22)(H,19,23)/t12-/m0/s1. The van der Waals surface area contributed by atoms with Gasteiger partial charge in [0.15, 0.2) is 5.16 Å². The SMILES string of the molecule is C[C@@H](CCc1ccccc1)NC(=O)CSc1n[nH]c(=O)n1C1CC1. The Bertz CT molecular complexity index is 737. The van der Waals surface area contributed by atoms with Gasteiger partial charge in [0.05, 0.1) is 5.75 Å². The molecule has 128 valence electrons. The van der Waals surface area contributed by atoms with E-state index < -0.39 is 0 Å². The van der Waals surface area contributed by atoms with E-state index in [1.807, 2.05) is 25.1 Å². The Morgan fingerprint density at radius 1 is 1.42 bits per heavy atom. The van der Waals surface area contributed by atoms with Crippen LogP contribution in [0.2, 0.25) is 0 Å². The molecule has 1 atom stereocenters. The average Bonchev–Trinajstić information content (AvgIpc) is 3.35. The van der Waals surface area contributed by atoms with Gasteiger partial charge in [-0.3, -0.25) is 9.36 Å². The van der Waals surface area contributed by atoms with Crippen LogP contribution in [-0.2, 0) is 11.2 Å². The molecule has 1 aliphatic rings. The van der Waals surface area contributed by atoms with Gasteiger partial charge in [0.1, 0.15) is 0 Å². The van der Waals surface area contributed by atoms with Gasteiger partial charge in [-0.05, 0) is 38.2 Å². The zero-order chi connectivity index (χ0) is 16.9. The molecule has 3 rings (SSSR count). The summed E-state index contributed by atoms with van der Waals surface area (Å²) in [6.07, 6.45) is 3.86. The summed E-state index contributed by atoms with van der Waals surface area (Å²) >= 11 is 1.31. The van der Waals surface area contributed by atoms with E-state index in [1.54, 1.807) is 4.57 Å². The number of aromatic amines is 1. The van der Waals surface area contributed by atoms with Crippen LogP contribution >= 0.6 is 11.8 Å². The molecule has 1 fully saturated rings. The lowest BCUT2D eigenvalue weighted by molar-refractivity contribution is -0.119. The highest BCUT2D eigenvalue weighted by Crippen LogP contribution is 2.35. The van der Waals surface area contributed by atoms with E-state index in [0.29, 0.717) is 5.16 Å². The maximum absolute atomic E-state index is 12.1. The van der Waals surface area contributed by atoms with E-state index in [-0.39, 0.29) is 29.4 Å². The highest BCUT2D eigenvalue weighted by molar-refractivity contribution is 7.99. The second-order valence-electron chi connectivity index (χ2n) is 6.19. The van der Waals surface area contributed by atoms with Crippen molar-refractivity contribution in [3.8, 4) is 0 Å². The second kappa shape index (κ2) is 7.70. The van der Waals surface area contributed by atoms with Crippen LogP contribution in [0.4, 0.5) is 0 Å². The maximum Gasteiger partial charge on any atom is 0.344 e. The Balaban J connectivity index is 1.43. The Labute approximate surface area is 145 Å². The van der Waals surface area contributed by atoms with Crippen LogP contribution in [0.15, 0.2) is 40.3 Å². The monoisotopic (exact) mass is 346 g/mol. The van der Waals surface area contributed by atoms with Gasteiger partial charge < -0.3 is 5.32 Å².